The van der Waals surface area contributed by atoms with Gasteiger partial charge < -0.3 is 60.7 Å². The van der Waals surface area contributed by atoms with Crippen LogP contribution < -0.4 is 21.3 Å². The molecule has 23 heteroatoms. The van der Waals surface area contributed by atoms with Crippen molar-refractivity contribution < 1.29 is 57.8 Å². The Morgan fingerprint density at radius 1 is 0.506 bits per heavy atom. The van der Waals surface area contributed by atoms with Crippen LogP contribution in [0.4, 0.5) is 0 Å². The zero-order valence-corrected chi connectivity index (χ0v) is 57.5. The van der Waals surface area contributed by atoms with Crippen LogP contribution in [0.2, 0.25) is 0 Å². The third-order valence-electron chi connectivity index (χ3n) is 16.3. The lowest BCUT2D eigenvalue weighted by Gasteiger charge is -2.41. The average molecular weight is 1230 g/mol. The van der Waals surface area contributed by atoms with Crippen molar-refractivity contribution in [3.8, 4) is 0 Å². The molecule has 1 aliphatic heterocycles. The lowest BCUT2D eigenvalue weighted by atomic mass is 9.86. The summed E-state index contributed by atoms with van der Waals surface area (Å²) >= 11 is 0. The number of hydrogen-bond donors (Lipinski definition) is 5. The molecule has 11 amide bonds. The van der Waals surface area contributed by atoms with Crippen LogP contribution >= 0.6 is 0 Å². The Bertz CT molecular complexity index is 2450. The Balaban J connectivity index is 4.41. The van der Waals surface area contributed by atoms with E-state index in [1.165, 1.54) is 82.8 Å². The maximum Gasteiger partial charge on any atom is 0.270 e. The Kier molecular flexibility index (Phi) is 31.1. The van der Waals surface area contributed by atoms with Gasteiger partial charge in [-0.05, 0) is 100 Å². The van der Waals surface area contributed by atoms with Gasteiger partial charge in [0.15, 0.2) is 0 Å². The van der Waals surface area contributed by atoms with Crippen molar-refractivity contribution in [3.63, 3.8) is 0 Å². The van der Waals surface area contributed by atoms with Gasteiger partial charge in [-0.2, -0.15) is 0 Å². The van der Waals surface area contributed by atoms with Gasteiger partial charge in [0.05, 0.1) is 6.10 Å². The van der Waals surface area contributed by atoms with Gasteiger partial charge >= 0.3 is 0 Å². The summed E-state index contributed by atoms with van der Waals surface area (Å²) in [5.41, 5.74) is -0.958. The van der Waals surface area contributed by atoms with Crippen molar-refractivity contribution in [3.05, 3.63) is 24.4 Å². The summed E-state index contributed by atoms with van der Waals surface area (Å²) in [5, 5.41) is 23.1. The van der Waals surface area contributed by atoms with E-state index >= 15 is 9.59 Å². The van der Waals surface area contributed by atoms with Crippen molar-refractivity contribution in [2.24, 2.45) is 40.9 Å². The summed E-state index contributed by atoms with van der Waals surface area (Å²) < 4.78 is 0. The summed E-state index contributed by atoms with van der Waals surface area (Å²) in [6.45, 7) is 35.6. The number of carbonyl (C=O) groups excluding carboxylic acids is 11. The Hall–Kier alpha value is -6.39. The number of aliphatic hydroxyl groups is 1. The maximum atomic E-state index is 15.2. The fraction of sp³-hybridized carbons (Fsp3) is 0.766. The van der Waals surface area contributed by atoms with Crippen LogP contribution in [0, 0.1) is 40.9 Å². The fourth-order valence-corrected chi connectivity index (χ4v) is 10.8. The highest BCUT2D eigenvalue weighted by atomic mass is 16.3. The number of carbonyl (C=O) groups is 11. The van der Waals surface area contributed by atoms with E-state index < -0.39 is 155 Å². The lowest BCUT2D eigenvalue weighted by molar-refractivity contribution is -0.157. The highest BCUT2D eigenvalue weighted by Gasteiger charge is 2.46. The molecule has 0 spiro atoms. The van der Waals surface area contributed by atoms with E-state index in [0.717, 1.165) is 14.7 Å². The number of nitrogens with one attached hydrogen (secondary N) is 4. The van der Waals surface area contributed by atoms with E-state index in [0.29, 0.717) is 6.42 Å². The normalized spacial score (nSPS) is 26.7. The first-order valence-corrected chi connectivity index (χ1v) is 31.0. The van der Waals surface area contributed by atoms with Gasteiger partial charge in [0.25, 0.3) is 5.91 Å². The molecule has 0 saturated carbocycles. The molecular weight excluding hydrogens is 1110 g/mol. The minimum atomic E-state index is -1.64. The van der Waals surface area contributed by atoms with E-state index in [2.05, 4.69) is 27.8 Å². The molecule has 23 nitrogen and oxygen atoms in total. The number of hydrogen-bond acceptors (Lipinski definition) is 12. The molecule has 496 valence electrons. The summed E-state index contributed by atoms with van der Waals surface area (Å²) in [4.78, 5) is 169. The molecule has 0 radical (unpaired) electrons. The van der Waals surface area contributed by atoms with Crippen molar-refractivity contribution >= 4 is 65.0 Å². The molecule has 87 heavy (non-hydrogen) atoms. The third kappa shape index (κ3) is 21.7. The van der Waals surface area contributed by atoms with E-state index in [9.17, 15) is 48.3 Å². The first kappa shape index (κ1) is 78.6. The minimum absolute atomic E-state index is 0.0288. The largest absolute Gasteiger partial charge is 0.390 e. The molecule has 1 heterocycles. The third-order valence-corrected chi connectivity index (χ3v) is 16.3. The van der Waals surface area contributed by atoms with E-state index in [1.54, 1.807) is 60.6 Å². The summed E-state index contributed by atoms with van der Waals surface area (Å²) in [6.07, 6.45) is 2.82. The number of aliphatic hydroxyl groups excluding tert-OH is 1. The Morgan fingerprint density at radius 3 is 1.39 bits per heavy atom. The molecule has 0 aromatic heterocycles. The Labute approximate surface area is 520 Å². The maximum absolute atomic E-state index is 15.2. The summed E-state index contributed by atoms with van der Waals surface area (Å²) in [5.74, 6) is -10.1. The average Bonchev–Trinajstić information content (AvgIpc) is 1.66. The van der Waals surface area contributed by atoms with Crippen molar-refractivity contribution in [1.29, 1.82) is 0 Å². The highest BCUT2D eigenvalue weighted by Crippen LogP contribution is 2.28. The van der Waals surface area contributed by atoms with Crippen molar-refractivity contribution in [2.45, 2.75) is 230 Å². The molecule has 0 aromatic carbocycles. The van der Waals surface area contributed by atoms with E-state index in [1.807, 2.05) is 62.3 Å². The molecule has 1 saturated heterocycles. The second-order valence-corrected chi connectivity index (χ2v) is 27.3. The lowest BCUT2D eigenvalue weighted by Crippen LogP contribution is -2.63. The van der Waals surface area contributed by atoms with Gasteiger partial charge in [-0.15, -0.1) is 0 Å². The zero-order valence-electron chi connectivity index (χ0n) is 57.5. The van der Waals surface area contributed by atoms with Gasteiger partial charge in [-0.3, -0.25) is 52.7 Å². The summed E-state index contributed by atoms with van der Waals surface area (Å²) in [6, 6.07) is -12.7. The quantitative estimate of drug-likeness (QED) is 0.121. The van der Waals surface area contributed by atoms with E-state index in [4.69, 9.17) is 0 Å². The van der Waals surface area contributed by atoms with E-state index in [-0.39, 0.29) is 55.6 Å². The smallest absolute Gasteiger partial charge is 0.270 e. The summed E-state index contributed by atoms with van der Waals surface area (Å²) in [7, 11) is 9.75. The molecule has 1 aliphatic rings. The molecule has 0 aromatic rings. The Morgan fingerprint density at radius 2 is 0.943 bits per heavy atom. The number of nitrogens with zero attached hydrogens (tertiary/aromatic N) is 7. The second-order valence-electron chi connectivity index (χ2n) is 27.3. The first-order valence-electron chi connectivity index (χ1n) is 31.0. The molecule has 5 N–H and O–H groups in total. The number of likely N-dealkylation sites (N-methyl/N-ethyl adjacent to an activating group) is 7. The van der Waals surface area contributed by atoms with Crippen LogP contribution in [0.5, 0.6) is 0 Å². The fourth-order valence-electron chi connectivity index (χ4n) is 10.8. The predicted octanol–water partition coefficient (Wildman–Crippen LogP) is 4.17. The topological polar surface area (TPSA) is 279 Å². The number of amides is 11. The monoisotopic (exact) mass is 1230 g/mol. The number of allylic oxidation sites excluding steroid dienone is 2. The molecule has 0 bridgehead atoms. The van der Waals surface area contributed by atoms with Gasteiger partial charge in [-0.1, -0.05) is 123 Å². The molecule has 1 rings (SSSR count). The second kappa shape index (κ2) is 34.4. The standard InChI is InChI=1S/C64H113N11O12/c1-27-29-30-40(13)52(76)51-56(80)67-44(28-2)59(83)69(20)43(16)58(82)73(24)48(34-64(17,18)19)55(79)68-49(38(9)10)62(86)70(21)45(31-35(3)4)54(78)65-41(14)53(77)66-42(15)57(81)71(22)46(32-36(5)6)60(84)72(23)47(33-37(7)8)61(85)74(25)50(39(11)12)63(87)75(51)26/h27,29,35-42,44-52,76H,16,28,30-34H2,1-15,17-26H3,(H,65,78)(H,66,77)(H,67,80)(H,68,79)/b29-27+/t40-,41+,42-,44+,45+,46+,47+,48+,49+,50+,51+,52-/m1/s1. The van der Waals surface area contributed by atoms with Gasteiger partial charge in [0.2, 0.25) is 59.1 Å². The van der Waals surface area contributed by atoms with Crippen molar-refractivity contribution in [1.82, 2.24) is 55.6 Å². The highest BCUT2D eigenvalue weighted by molar-refractivity contribution is 6.02. The number of rotatable bonds is 14. The van der Waals surface area contributed by atoms with Crippen LogP contribution in [0.25, 0.3) is 0 Å². The molecule has 0 unspecified atom stereocenters. The van der Waals surface area contributed by atoms with Crippen molar-refractivity contribution in [2.75, 3.05) is 49.3 Å². The van der Waals surface area contributed by atoms with Crippen LogP contribution in [0.3, 0.4) is 0 Å². The minimum Gasteiger partial charge on any atom is -0.390 e. The van der Waals surface area contributed by atoms with Gasteiger partial charge in [0.1, 0.15) is 66.1 Å². The van der Waals surface area contributed by atoms with Crippen LogP contribution in [0.15, 0.2) is 24.4 Å². The predicted molar refractivity (Wildman–Crippen MR) is 337 cm³/mol. The van der Waals surface area contributed by atoms with Crippen LogP contribution in [-0.4, -0.2) is 220 Å². The van der Waals surface area contributed by atoms with Gasteiger partial charge in [-0.25, -0.2) is 0 Å². The zero-order chi connectivity index (χ0) is 67.8. The van der Waals surface area contributed by atoms with Gasteiger partial charge in [0, 0.05) is 49.3 Å². The molecular formula is C64H113N11O12. The molecule has 12 atom stereocenters. The SMILES string of the molecule is C=C1C(=O)N(C)[C@@H](CC(C)(C)C)C(=O)N[C@@H](C(C)C)C(=O)N(C)[C@@H](CC(C)C)C(=O)N[C@@H](C)C(=O)N[C@H](C)C(=O)N(C)[C@@H](CC(C)C)C(=O)N(C)[C@@H](CC(C)C)C(=O)N(C)[C@@H](C(C)C)C(=O)N(C)[C@@H]([C@H](O)[C@H](C)C/C=C/C)C(=O)N[C@@H](CC)C(=O)N1C. The first-order chi connectivity index (χ1) is 39.9. The molecule has 0 aliphatic carbocycles. The van der Waals surface area contributed by atoms with Crippen LogP contribution in [-0.2, 0) is 52.7 Å². The van der Waals surface area contributed by atoms with Crippen LogP contribution in [0.1, 0.15) is 163 Å². The molecule has 1 fully saturated rings.